The van der Waals surface area contributed by atoms with Gasteiger partial charge >= 0.3 is 6.03 Å². The summed E-state index contributed by atoms with van der Waals surface area (Å²) in [6.07, 6.45) is 3.74. The van der Waals surface area contributed by atoms with Crippen molar-refractivity contribution in [3.05, 3.63) is 29.8 Å². The molecule has 28 heavy (non-hydrogen) atoms. The van der Waals surface area contributed by atoms with E-state index in [1.54, 1.807) is 4.90 Å². The molecule has 7 nitrogen and oxygen atoms in total. The van der Waals surface area contributed by atoms with Crippen LogP contribution in [0.25, 0.3) is 0 Å². The molecule has 1 aliphatic carbocycles. The van der Waals surface area contributed by atoms with Gasteiger partial charge in [-0.3, -0.25) is 14.5 Å². The Morgan fingerprint density at radius 3 is 2.68 bits per heavy atom. The van der Waals surface area contributed by atoms with Crippen molar-refractivity contribution in [1.82, 2.24) is 15.1 Å². The summed E-state index contributed by atoms with van der Waals surface area (Å²) in [4.78, 5) is 40.9. The van der Waals surface area contributed by atoms with Crippen LogP contribution in [-0.4, -0.2) is 52.9 Å². The minimum absolute atomic E-state index is 0.0296. The highest BCUT2D eigenvalue weighted by atomic mass is 16.5. The summed E-state index contributed by atoms with van der Waals surface area (Å²) in [6.45, 7) is 3.84. The van der Waals surface area contributed by atoms with E-state index in [-0.39, 0.29) is 23.8 Å². The largest absolute Gasteiger partial charge is 0.494 e. The van der Waals surface area contributed by atoms with Crippen LogP contribution in [0.15, 0.2) is 24.3 Å². The summed E-state index contributed by atoms with van der Waals surface area (Å²) in [5.41, 5.74) is 0.286. The number of urea groups is 1. The zero-order chi connectivity index (χ0) is 19.7. The second-order valence-electron chi connectivity index (χ2n) is 8.02. The molecular weight excluding hydrogens is 358 g/mol. The fraction of sp³-hybridized carbons (Fsp3) is 0.571. The first-order valence-corrected chi connectivity index (χ1v) is 10.1. The van der Waals surface area contributed by atoms with Crippen molar-refractivity contribution in [3.63, 3.8) is 0 Å². The number of carbonyl (C=O) groups is 3. The van der Waals surface area contributed by atoms with Crippen LogP contribution in [0.1, 0.15) is 44.6 Å². The number of ether oxygens (including phenoxy) is 1. The van der Waals surface area contributed by atoms with Crippen molar-refractivity contribution in [2.75, 3.05) is 19.7 Å². The number of hydrogen-bond acceptors (Lipinski definition) is 4. The van der Waals surface area contributed by atoms with Gasteiger partial charge in [-0.05, 0) is 25.8 Å². The number of rotatable bonds is 6. The maximum atomic E-state index is 12.8. The van der Waals surface area contributed by atoms with E-state index >= 15 is 0 Å². The van der Waals surface area contributed by atoms with Crippen molar-refractivity contribution in [2.45, 2.75) is 51.1 Å². The van der Waals surface area contributed by atoms with Crippen molar-refractivity contribution >= 4 is 17.8 Å². The molecule has 1 atom stereocenters. The molecule has 1 aromatic rings. The van der Waals surface area contributed by atoms with Gasteiger partial charge < -0.3 is 15.0 Å². The highest BCUT2D eigenvalue weighted by molar-refractivity contribution is 6.07. The lowest BCUT2D eigenvalue weighted by Crippen LogP contribution is -2.44. The first-order valence-electron chi connectivity index (χ1n) is 10.1. The third-order valence-electron chi connectivity index (χ3n) is 6.07. The molecule has 3 aliphatic rings. The van der Waals surface area contributed by atoms with Gasteiger partial charge in [-0.2, -0.15) is 0 Å². The molecule has 2 aliphatic heterocycles. The Balaban J connectivity index is 1.40. The molecule has 2 saturated heterocycles. The Hall–Kier alpha value is -2.57. The van der Waals surface area contributed by atoms with Gasteiger partial charge in [-0.1, -0.05) is 31.0 Å². The second kappa shape index (κ2) is 7.45. The van der Waals surface area contributed by atoms with E-state index in [1.165, 1.54) is 4.90 Å². The van der Waals surface area contributed by atoms with Crippen LogP contribution in [0.3, 0.4) is 0 Å². The molecule has 1 N–H and O–H groups in total. The average molecular weight is 385 g/mol. The number of hydrogen-bond donors (Lipinski definition) is 1. The number of carbonyl (C=O) groups excluding carboxylic acids is 3. The molecule has 1 spiro atoms. The highest BCUT2D eigenvalue weighted by Crippen LogP contribution is 2.36. The first kappa shape index (κ1) is 18.8. The van der Waals surface area contributed by atoms with Gasteiger partial charge in [-0.15, -0.1) is 0 Å². The monoisotopic (exact) mass is 385 g/mol. The molecule has 1 unspecified atom stereocenters. The minimum atomic E-state index is -0.685. The third kappa shape index (κ3) is 3.34. The van der Waals surface area contributed by atoms with Crippen LogP contribution < -0.4 is 10.1 Å². The third-order valence-corrected chi connectivity index (χ3v) is 6.07. The summed E-state index contributed by atoms with van der Waals surface area (Å²) in [5.74, 6) is 0.707. The molecule has 0 aromatic heterocycles. The summed E-state index contributed by atoms with van der Waals surface area (Å²) in [6, 6.07) is 7.42. The Labute approximate surface area is 165 Å². The molecule has 0 bridgehead atoms. The Morgan fingerprint density at radius 1 is 1.18 bits per heavy atom. The average Bonchev–Trinajstić information content (AvgIpc) is 3.34. The molecule has 7 heteroatoms. The van der Waals surface area contributed by atoms with Gasteiger partial charge in [0.1, 0.15) is 11.3 Å². The molecule has 2 heterocycles. The first-order chi connectivity index (χ1) is 13.5. The fourth-order valence-electron chi connectivity index (χ4n) is 4.68. The summed E-state index contributed by atoms with van der Waals surface area (Å²) >= 11 is 0. The van der Waals surface area contributed by atoms with Crippen molar-refractivity contribution in [3.8, 4) is 5.75 Å². The number of nitrogens with one attached hydrogen (secondary N) is 1. The molecule has 4 amide bonds. The lowest BCUT2D eigenvalue weighted by atomic mass is 9.97. The van der Waals surface area contributed by atoms with Crippen molar-refractivity contribution in [2.24, 2.45) is 5.92 Å². The Bertz CT molecular complexity index is 788. The number of likely N-dealkylation sites (tertiary alicyclic amines) is 1. The molecule has 0 radical (unpaired) electrons. The molecule has 4 rings (SSSR count). The zero-order valence-corrected chi connectivity index (χ0v) is 16.3. The van der Waals surface area contributed by atoms with Gasteiger partial charge in [0.25, 0.3) is 5.91 Å². The van der Waals surface area contributed by atoms with E-state index in [9.17, 15) is 14.4 Å². The van der Waals surface area contributed by atoms with E-state index in [2.05, 4.69) is 5.32 Å². The molecule has 150 valence electrons. The van der Waals surface area contributed by atoms with Gasteiger partial charge in [-0.25, -0.2) is 4.79 Å². The van der Waals surface area contributed by atoms with Crippen molar-refractivity contribution in [1.29, 1.82) is 0 Å². The maximum Gasteiger partial charge on any atom is 0.325 e. The number of para-hydroxylation sites is 1. The van der Waals surface area contributed by atoms with Gasteiger partial charge in [0.05, 0.1) is 6.61 Å². The van der Waals surface area contributed by atoms with Gasteiger partial charge in [0, 0.05) is 37.5 Å². The van der Waals surface area contributed by atoms with Crippen LogP contribution in [0.5, 0.6) is 5.75 Å². The smallest absolute Gasteiger partial charge is 0.325 e. The normalized spacial score (nSPS) is 23.8. The predicted molar refractivity (Wildman–Crippen MR) is 103 cm³/mol. The topological polar surface area (TPSA) is 79.0 Å². The van der Waals surface area contributed by atoms with E-state index in [1.807, 2.05) is 31.2 Å². The Kier molecular flexibility index (Phi) is 5.00. The minimum Gasteiger partial charge on any atom is -0.494 e. The van der Waals surface area contributed by atoms with E-state index < -0.39 is 5.54 Å². The van der Waals surface area contributed by atoms with E-state index in [0.29, 0.717) is 32.7 Å². The van der Waals surface area contributed by atoms with Crippen LogP contribution in [0.2, 0.25) is 0 Å². The molecule has 1 saturated carbocycles. The lowest BCUT2D eigenvalue weighted by Gasteiger charge is -2.22. The Morgan fingerprint density at radius 2 is 1.93 bits per heavy atom. The van der Waals surface area contributed by atoms with Gasteiger partial charge in [0.15, 0.2) is 0 Å². The summed E-state index contributed by atoms with van der Waals surface area (Å²) in [5, 5.41) is 2.91. The number of nitrogens with zero attached hydrogens (tertiary/aromatic N) is 2. The van der Waals surface area contributed by atoms with Crippen LogP contribution >= 0.6 is 0 Å². The second-order valence-corrected chi connectivity index (χ2v) is 8.02. The highest BCUT2D eigenvalue weighted by Gasteiger charge is 2.53. The van der Waals surface area contributed by atoms with E-state index in [0.717, 1.165) is 37.0 Å². The summed E-state index contributed by atoms with van der Waals surface area (Å²) < 4.78 is 5.65. The maximum absolute atomic E-state index is 12.8. The number of benzene rings is 1. The molecular formula is C21H27N3O4. The molecule has 1 aromatic carbocycles. The van der Waals surface area contributed by atoms with Crippen LogP contribution in [0, 0.1) is 5.92 Å². The summed E-state index contributed by atoms with van der Waals surface area (Å²) in [7, 11) is 0. The van der Waals surface area contributed by atoms with Crippen LogP contribution in [-0.2, 0) is 16.1 Å². The molecule has 3 fully saturated rings. The van der Waals surface area contributed by atoms with Gasteiger partial charge in [0.2, 0.25) is 5.91 Å². The standard InChI is InChI=1S/C21H27N3O4/c1-2-28-17-8-4-3-7-16(17)14-23-12-15(11-18(23)25)13-24-19(26)21(22-20(24)27)9-5-6-10-21/h3-4,7-8,15H,2,5-6,9-14H2,1H3,(H,22,27). The van der Waals surface area contributed by atoms with Crippen LogP contribution in [0.4, 0.5) is 4.79 Å². The van der Waals surface area contributed by atoms with Crippen molar-refractivity contribution < 1.29 is 19.1 Å². The zero-order valence-electron chi connectivity index (χ0n) is 16.3. The number of imide groups is 1. The fourth-order valence-corrected chi connectivity index (χ4v) is 4.68. The quantitative estimate of drug-likeness (QED) is 0.762. The predicted octanol–water partition coefficient (Wildman–Crippen LogP) is 2.30. The van der Waals surface area contributed by atoms with E-state index in [4.69, 9.17) is 4.74 Å². The lowest BCUT2D eigenvalue weighted by molar-refractivity contribution is -0.132. The SMILES string of the molecule is CCOc1ccccc1CN1CC(CN2C(=O)NC3(CCCC3)C2=O)CC1=O. The number of amides is 4.